The molecule has 5 heteroatoms. The molecule has 13 heavy (non-hydrogen) atoms. The van der Waals surface area contributed by atoms with E-state index in [4.69, 9.17) is 11.0 Å². The molecule has 0 unspecified atom stereocenters. The highest BCUT2D eigenvalue weighted by atomic mass is 15.1. The van der Waals surface area contributed by atoms with Crippen molar-refractivity contribution in [3.63, 3.8) is 0 Å². The summed E-state index contributed by atoms with van der Waals surface area (Å²) < 4.78 is 1.76. The molecular weight excluding hydrogens is 166 g/mol. The van der Waals surface area contributed by atoms with Gasteiger partial charge in [-0.1, -0.05) is 0 Å². The van der Waals surface area contributed by atoms with E-state index in [1.54, 1.807) is 22.9 Å². The van der Waals surface area contributed by atoms with Gasteiger partial charge in [0.2, 0.25) is 5.78 Å². The number of fused-ring (bicyclic) bond motifs is 1. The van der Waals surface area contributed by atoms with Crippen molar-refractivity contribution in [1.82, 2.24) is 14.4 Å². The lowest BCUT2D eigenvalue weighted by atomic mass is 10.4. The number of nitriles is 1. The summed E-state index contributed by atoms with van der Waals surface area (Å²) in [5, 5.41) is 8.59. The quantitative estimate of drug-likeness (QED) is 0.661. The minimum absolute atomic E-state index is 0.363. The van der Waals surface area contributed by atoms with Crippen molar-refractivity contribution < 1.29 is 0 Å². The van der Waals surface area contributed by atoms with Crippen LogP contribution in [0.2, 0.25) is 0 Å². The molecule has 0 aromatic carbocycles. The summed E-state index contributed by atoms with van der Waals surface area (Å²) in [7, 11) is 0. The van der Waals surface area contributed by atoms with E-state index in [9.17, 15) is 0 Å². The third kappa shape index (κ3) is 1.13. The van der Waals surface area contributed by atoms with Gasteiger partial charge in [-0.05, 0) is 6.07 Å². The Bertz CT molecular complexity index is 479. The Labute approximate surface area is 74.5 Å². The fourth-order valence-electron chi connectivity index (χ4n) is 1.13. The Morgan fingerprint density at radius 1 is 1.62 bits per heavy atom. The second-order valence-corrected chi connectivity index (χ2v) is 2.55. The van der Waals surface area contributed by atoms with Crippen LogP contribution in [-0.4, -0.2) is 14.4 Å². The summed E-state index contributed by atoms with van der Waals surface area (Å²) in [4.78, 5) is 8.02. The maximum atomic E-state index is 8.59. The van der Waals surface area contributed by atoms with Crippen LogP contribution < -0.4 is 5.73 Å². The second kappa shape index (κ2) is 2.84. The zero-order valence-corrected chi connectivity index (χ0v) is 6.81. The summed E-state index contributed by atoms with van der Waals surface area (Å²) in [5.41, 5.74) is 6.72. The first kappa shape index (κ1) is 7.71. The Balaban J connectivity index is 2.70. The Kier molecular flexibility index (Phi) is 1.69. The van der Waals surface area contributed by atoms with Crippen molar-refractivity contribution in [3.8, 4) is 6.07 Å². The number of rotatable bonds is 1. The second-order valence-electron chi connectivity index (χ2n) is 2.55. The molecule has 64 valence electrons. The Hall–Kier alpha value is -1.93. The monoisotopic (exact) mass is 173 g/mol. The van der Waals surface area contributed by atoms with Crippen LogP contribution in [0.5, 0.6) is 0 Å². The lowest BCUT2D eigenvalue weighted by Crippen LogP contribution is -2.01. The van der Waals surface area contributed by atoms with E-state index in [1.807, 2.05) is 6.07 Å². The predicted molar refractivity (Wildman–Crippen MR) is 45.6 cm³/mol. The van der Waals surface area contributed by atoms with Crippen LogP contribution in [0.1, 0.15) is 11.4 Å². The van der Waals surface area contributed by atoms with Gasteiger partial charge in [0, 0.05) is 12.7 Å². The number of imidazole rings is 1. The zero-order chi connectivity index (χ0) is 9.26. The van der Waals surface area contributed by atoms with Crippen LogP contribution in [0.4, 0.5) is 0 Å². The number of nitrogens with two attached hydrogens (primary N) is 1. The molecule has 5 nitrogen and oxygen atoms in total. The first-order valence-corrected chi connectivity index (χ1v) is 3.78. The van der Waals surface area contributed by atoms with Crippen LogP contribution in [0.25, 0.3) is 5.78 Å². The predicted octanol–water partition coefficient (Wildman–Crippen LogP) is 0.0597. The van der Waals surface area contributed by atoms with Crippen molar-refractivity contribution in [2.24, 2.45) is 5.73 Å². The van der Waals surface area contributed by atoms with Crippen molar-refractivity contribution >= 4 is 5.78 Å². The highest BCUT2D eigenvalue weighted by Crippen LogP contribution is 2.04. The van der Waals surface area contributed by atoms with Gasteiger partial charge in [0.15, 0.2) is 0 Å². The highest BCUT2D eigenvalue weighted by molar-refractivity contribution is 5.35. The molecule has 0 saturated carbocycles. The SMILES string of the molecule is N#Cc1ccn2c(CN)cnc2n1. The van der Waals surface area contributed by atoms with Gasteiger partial charge in [-0.25, -0.2) is 9.97 Å². The molecular formula is C8H7N5. The topological polar surface area (TPSA) is 80.0 Å². The smallest absolute Gasteiger partial charge is 0.235 e. The molecule has 0 aliphatic heterocycles. The van der Waals surface area contributed by atoms with Crippen LogP contribution >= 0.6 is 0 Å². The fraction of sp³-hybridized carbons (Fsp3) is 0.125. The van der Waals surface area contributed by atoms with Gasteiger partial charge in [0.25, 0.3) is 0 Å². The summed E-state index contributed by atoms with van der Waals surface area (Å²) in [6.07, 6.45) is 3.40. The molecule has 0 saturated heterocycles. The summed E-state index contributed by atoms with van der Waals surface area (Å²) in [5.74, 6) is 0.513. The van der Waals surface area contributed by atoms with Crippen LogP contribution in [0.15, 0.2) is 18.5 Å². The van der Waals surface area contributed by atoms with Gasteiger partial charge in [-0.2, -0.15) is 5.26 Å². The molecule has 2 N–H and O–H groups in total. The molecule has 0 radical (unpaired) electrons. The average Bonchev–Trinajstić information content (AvgIpc) is 2.59. The minimum Gasteiger partial charge on any atom is -0.325 e. The average molecular weight is 173 g/mol. The standard InChI is InChI=1S/C8H7N5/c9-3-6-1-2-13-7(4-10)5-11-8(13)12-6/h1-2,5H,4,10H2. The zero-order valence-electron chi connectivity index (χ0n) is 6.81. The van der Waals surface area contributed by atoms with E-state index in [-0.39, 0.29) is 0 Å². The van der Waals surface area contributed by atoms with Gasteiger partial charge in [-0.3, -0.25) is 4.40 Å². The molecule has 0 fully saturated rings. The maximum Gasteiger partial charge on any atom is 0.235 e. The van der Waals surface area contributed by atoms with Crippen LogP contribution in [0, 0.1) is 11.3 Å². The van der Waals surface area contributed by atoms with Gasteiger partial charge in [0.1, 0.15) is 11.8 Å². The number of nitrogens with zero attached hydrogens (tertiary/aromatic N) is 4. The van der Waals surface area contributed by atoms with Crippen molar-refractivity contribution in [1.29, 1.82) is 5.26 Å². The molecule has 2 aromatic rings. The van der Waals surface area contributed by atoms with E-state index in [1.165, 1.54) is 0 Å². The third-order valence-electron chi connectivity index (χ3n) is 1.78. The van der Waals surface area contributed by atoms with Crippen LogP contribution in [-0.2, 0) is 6.54 Å². The molecule has 0 atom stereocenters. The largest absolute Gasteiger partial charge is 0.325 e. The van der Waals surface area contributed by atoms with E-state index in [0.717, 1.165) is 5.69 Å². The molecule has 0 bridgehead atoms. The fourth-order valence-corrected chi connectivity index (χ4v) is 1.13. The first-order valence-electron chi connectivity index (χ1n) is 3.78. The highest BCUT2D eigenvalue weighted by Gasteiger charge is 2.02. The minimum atomic E-state index is 0.363. The number of hydrogen-bond donors (Lipinski definition) is 1. The summed E-state index contributed by atoms with van der Waals surface area (Å²) in [6.45, 7) is 0.411. The van der Waals surface area contributed by atoms with Gasteiger partial charge in [-0.15, -0.1) is 0 Å². The first-order chi connectivity index (χ1) is 6.35. The van der Waals surface area contributed by atoms with E-state index >= 15 is 0 Å². The number of hydrogen-bond acceptors (Lipinski definition) is 4. The van der Waals surface area contributed by atoms with E-state index in [0.29, 0.717) is 18.0 Å². The molecule has 0 aliphatic carbocycles. The van der Waals surface area contributed by atoms with Gasteiger partial charge in [0.05, 0.1) is 11.9 Å². The molecule has 0 spiro atoms. The molecule has 0 amide bonds. The summed E-state index contributed by atoms with van der Waals surface area (Å²) in [6, 6.07) is 3.58. The normalized spacial score (nSPS) is 10.2. The lowest BCUT2D eigenvalue weighted by molar-refractivity contribution is 0.945. The van der Waals surface area contributed by atoms with Crippen LogP contribution in [0.3, 0.4) is 0 Å². The van der Waals surface area contributed by atoms with E-state index in [2.05, 4.69) is 9.97 Å². The molecule has 2 rings (SSSR count). The van der Waals surface area contributed by atoms with E-state index < -0.39 is 0 Å². The Morgan fingerprint density at radius 2 is 2.46 bits per heavy atom. The Morgan fingerprint density at radius 3 is 3.15 bits per heavy atom. The van der Waals surface area contributed by atoms with Gasteiger partial charge < -0.3 is 5.73 Å². The third-order valence-corrected chi connectivity index (χ3v) is 1.78. The van der Waals surface area contributed by atoms with Crippen molar-refractivity contribution in [2.45, 2.75) is 6.54 Å². The van der Waals surface area contributed by atoms with Gasteiger partial charge >= 0.3 is 0 Å². The summed E-state index contributed by atoms with van der Waals surface area (Å²) >= 11 is 0. The van der Waals surface area contributed by atoms with Crippen molar-refractivity contribution in [2.75, 3.05) is 0 Å². The molecule has 2 aromatic heterocycles. The molecule has 2 heterocycles. The lowest BCUT2D eigenvalue weighted by Gasteiger charge is -1.96. The number of aromatic nitrogens is 3. The maximum absolute atomic E-state index is 8.59. The molecule has 0 aliphatic rings. The van der Waals surface area contributed by atoms with Crippen molar-refractivity contribution in [3.05, 3.63) is 29.8 Å².